The molecule has 2 aliphatic heterocycles. The van der Waals surface area contributed by atoms with E-state index < -0.39 is 0 Å². The van der Waals surface area contributed by atoms with E-state index in [0.29, 0.717) is 18.6 Å². The zero-order valence-electron chi connectivity index (χ0n) is 21.6. The van der Waals surface area contributed by atoms with Crippen molar-refractivity contribution in [3.05, 3.63) is 92.6 Å². The van der Waals surface area contributed by atoms with Crippen molar-refractivity contribution in [2.75, 3.05) is 19.9 Å². The van der Waals surface area contributed by atoms with Crippen molar-refractivity contribution >= 4 is 28.5 Å². The van der Waals surface area contributed by atoms with Gasteiger partial charge in [0, 0.05) is 15.7 Å². The van der Waals surface area contributed by atoms with E-state index in [4.69, 9.17) is 9.47 Å². The van der Waals surface area contributed by atoms with Crippen LogP contribution in [0.1, 0.15) is 72.1 Å². The van der Waals surface area contributed by atoms with Crippen LogP contribution in [-0.4, -0.2) is 30.7 Å². The molecule has 1 N–H and O–H groups in total. The molecule has 0 radical (unpaired) electrons. The second-order valence-corrected chi connectivity index (χ2v) is 11.4. The molecule has 5 rings (SSSR count). The Bertz CT molecular complexity index is 1200. The average molecular weight is 611 g/mol. The van der Waals surface area contributed by atoms with Crippen molar-refractivity contribution in [2.45, 2.75) is 51.6 Å². The molecule has 37 heavy (non-hydrogen) atoms. The normalized spacial score (nSPS) is 17.4. The van der Waals surface area contributed by atoms with Gasteiger partial charge in [-0.1, -0.05) is 44.2 Å². The van der Waals surface area contributed by atoms with Crippen LogP contribution in [0.15, 0.2) is 66.7 Å². The first kappa shape index (κ1) is 26.0. The molecule has 2 heterocycles. The average Bonchev–Trinajstić information content (AvgIpc) is 3.40. The van der Waals surface area contributed by atoms with Gasteiger partial charge in [-0.25, -0.2) is 0 Å². The number of fused-ring (bicyclic) bond motifs is 1. The quantitative estimate of drug-likeness (QED) is 0.282. The lowest BCUT2D eigenvalue weighted by atomic mass is 9.81. The number of ether oxygens (including phenoxy) is 2. The molecule has 0 spiro atoms. The number of hydrogen-bond acceptors (Lipinski definition) is 4. The molecule has 3 aromatic rings. The third-order valence-corrected chi connectivity index (χ3v) is 8.59. The first-order chi connectivity index (χ1) is 18.0. The van der Waals surface area contributed by atoms with E-state index in [1.807, 2.05) is 18.2 Å². The summed E-state index contributed by atoms with van der Waals surface area (Å²) in [6.45, 7) is 7.90. The number of likely N-dealkylation sites (tertiary alicyclic amines) is 1. The van der Waals surface area contributed by atoms with Gasteiger partial charge in [0.2, 0.25) is 6.79 Å². The molecule has 2 atom stereocenters. The van der Waals surface area contributed by atoms with Crippen molar-refractivity contribution in [1.82, 2.24) is 10.2 Å². The largest absolute Gasteiger partial charge is 0.454 e. The number of piperidine rings is 1. The zero-order valence-corrected chi connectivity index (χ0v) is 23.7. The van der Waals surface area contributed by atoms with Crippen molar-refractivity contribution < 1.29 is 14.3 Å². The molecule has 1 amide bonds. The zero-order chi connectivity index (χ0) is 25.8. The highest BCUT2D eigenvalue weighted by atomic mass is 127. The summed E-state index contributed by atoms with van der Waals surface area (Å²) in [5.41, 5.74) is 4.46. The van der Waals surface area contributed by atoms with Crippen LogP contribution in [0.4, 0.5) is 0 Å². The van der Waals surface area contributed by atoms with Crippen LogP contribution in [0, 0.1) is 9.49 Å². The topological polar surface area (TPSA) is 50.8 Å². The Labute approximate surface area is 233 Å². The minimum Gasteiger partial charge on any atom is -0.454 e. The monoisotopic (exact) mass is 610 g/mol. The molecule has 1 unspecified atom stereocenters. The molecule has 1 fully saturated rings. The van der Waals surface area contributed by atoms with Crippen LogP contribution in [0.2, 0.25) is 0 Å². The van der Waals surface area contributed by atoms with E-state index in [1.165, 1.54) is 27.5 Å². The maximum Gasteiger partial charge on any atom is 0.251 e. The predicted octanol–water partition coefficient (Wildman–Crippen LogP) is 6.92. The van der Waals surface area contributed by atoms with E-state index in [-0.39, 0.29) is 11.9 Å². The number of carbonyl (C=O) groups excluding carboxylic acids is 1. The summed E-state index contributed by atoms with van der Waals surface area (Å²) < 4.78 is 12.2. The number of carbonyl (C=O) groups is 1. The van der Waals surface area contributed by atoms with Crippen molar-refractivity contribution in [3.63, 3.8) is 0 Å². The Balaban J connectivity index is 1.13. The Morgan fingerprint density at radius 1 is 0.973 bits per heavy atom. The Morgan fingerprint density at radius 2 is 1.65 bits per heavy atom. The SMILES string of the molecule is CC[C@@H](NC(=O)c1ccc(C(C)C2CCN(Cc3ccc4c(c3)OCO4)CC2)cc1)c1ccc(I)cc1. The maximum atomic E-state index is 13.0. The number of hydrogen-bond donors (Lipinski definition) is 1. The van der Waals surface area contributed by atoms with Crippen LogP contribution in [0.5, 0.6) is 11.5 Å². The fraction of sp³-hybridized carbons (Fsp3) is 0.387. The second kappa shape index (κ2) is 11.9. The van der Waals surface area contributed by atoms with Gasteiger partial charge in [-0.15, -0.1) is 0 Å². The number of amides is 1. The Morgan fingerprint density at radius 3 is 2.35 bits per heavy atom. The molecular weight excluding hydrogens is 575 g/mol. The fourth-order valence-electron chi connectivity index (χ4n) is 5.48. The van der Waals surface area contributed by atoms with Crippen molar-refractivity contribution in [1.29, 1.82) is 0 Å². The Kier molecular flexibility index (Phi) is 8.35. The smallest absolute Gasteiger partial charge is 0.251 e. The molecular formula is C31H35IN2O3. The number of rotatable bonds is 8. The number of halogens is 1. The van der Waals surface area contributed by atoms with Crippen LogP contribution < -0.4 is 14.8 Å². The highest BCUT2D eigenvalue weighted by Gasteiger charge is 2.25. The van der Waals surface area contributed by atoms with E-state index in [1.54, 1.807) is 0 Å². The molecule has 0 aromatic heterocycles. The van der Waals surface area contributed by atoms with E-state index >= 15 is 0 Å². The van der Waals surface area contributed by atoms with Crippen LogP contribution in [0.3, 0.4) is 0 Å². The van der Waals surface area contributed by atoms with Gasteiger partial charge in [0.25, 0.3) is 5.91 Å². The van der Waals surface area contributed by atoms with E-state index in [9.17, 15) is 4.79 Å². The molecule has 5 nitrogen and oxygen atoms in total. The lowest BCUT2D eigenvalue weighted by molar-refractivity contribution is 0.0935. The lowest BCUT2D eigenvalue weighted by Gasteiger charge is -2.35. The third-order valence-electron chi connectivity index (χ3n) is 7.87. The van der Waals surface area contributed by atoms with Crippen LogP contribution in [-0.2, 0) is 6.54 Å². The van der Waals surface area contributed by atoms with Crippen molar-refractivity contribution in [3.8, 4) is 11.5 Å². The molecule has 1 saturated heterocycles. The molecule has 0 aliphatic carbocycles. The summed E-state index contributed by atoms with van der Waals surface area (Å²) in [6.07, 6.45) is 3.22. The molecule has 0 saturated carbocycles. The third kappa shape index (κ3) is 6.29. The molecule has 2 aliphatic rings. The van der Waals surface area contributed by atoms with E-state index in [2.05, 4.69) is 95.2 Å². The highest BCUT2D eigenvalue weighted by Crippen LogP contribution is 2.35. The fourth-order valence-corrected chi connectivity index (χ4v) is 5.84. The number of nitrogens with zero attached hydrogens (tertiary/aromatic N) is 1. The summed E-state index contributed by atoms with van der Waals surface area (Å²) in [4.78, 5) is 15.5. The standard InChI is InChI=1S/C31H35IN2O3/c1-3-28(25-9-11-27(32)12-10-25)33-31(35)26-7-5-23(6-8-26)21(2)24-14-16-34(17-15-24)19-22-4-13-29-30(18-22)37-20-36-29/h4-13,18,21,24,28H,3,14-17,19-20H2,1-2H3,(H,33,35)/t21?,28-/m1/s1. The van der Waals surface area contributed by atoms with Gasteiger partial charge in [0.15, 0.2) is 11.5 Å². The summed E-state index contributed by atoms with van der Waals surface area (Å²) in [6, 6.07) is 22.9. The van der Waals surface area contributed by atoms with Gasteiger partial charge in [0.1, 0.15) is 0 Å². The molecule has 6 heteroatoms. The van der Waals surface area contributed by atoms with Crippen LogP contribution >= 0.6 is 22.6 Å². The number of benzene rings is 3. The molecule has 3 aromatic carbocycles. The summed E-state index contributed by atoms with van der Waals surface area (Å²) in [5.74, 6) is 2.81. The lowest BCUT2D eigenvalue weighted by Crippen LogP contribution is -2.34. The van der Waals surface area contributed by atoms with Gasteiger partial charge < -0.3 is 14.8 Å². The molecule has 0 bridgehead atoms. The summed E-state index contributed by atoms with van der Waals surface area (Å²) >= 11 is 2.30. The highest BCUT2D eigenvalue weighted by molar-refractivity contribution is 14.1. The summed E-state index contributed by atoms with van der Waals surface area (Å²) in [7, 11) is 0. The first-order valence-electron chi connectivity index (χ1n) is 13.3. The van der Waals surface area contributed by atoms with Gasteiger partial charge >= 0.3 is 0 Å². The first-order valence-corrected chi connectivity index (χ1v) is 14.3. The second-order valence-electron chi connectivity index (χ2n) is 10.2. The van der Waals surface area contributed by atoms with Gasteiger partial charge in [-0.3, -0.25) is 9.69 Å². The van der Waals surface area contributed by atoms with E-state index in [0.717, 1.165) is 48.7 Å². The van der Waals surface area contributed by atoms with Gasteiger partial charge in [-0.2, -0.15) is 0 Å². The van der Waals surface area contributed by atoms with Gasteiger partial charge in [0.05, 0.1) is 6.04 Å². The number of nitrogens with one attached hydrogen (secondary N) is 1. The Hall–Kier alpha value is -2.58. The van der Waals surface area contributed by atoms with Crippen LogP contribution in [0.25, 0.3) is 0 Å². The molecule has 194 valence electrons. The maximum absolute atomic E-state index is 13.0. The van der Waals surface area contributed by atoms with Gasteiger partial charge in [-0.05, 0) is 120 Å². The minimum atomic E-state index is -0.0126. The predicted molar refractivity (Wildman–Crippen MR) is 155 cm³/mol. The van der Waals surface area contributed by atoms with Crippen molar-refractivity contribution in [2.24, 2.45) is 5.92 Å². The minimum absolute atomic E-state index is 0.0126. The summed E-state index contributed by atoms with van der Waals surface area (Å²) in [5, 5.41) is 3.21.